The molecule has 1 unspecified atom stereocenters. The lowest BCUT2D eigenvalue weighted by molar-refractivity contribution is -0.121. The topological polar surface area (TPSA) is 99.2 Å². The molecule has 36 heavy (non-hydrogen) atoms. The molecule has 9 heteroatoms. The van der Waals surface area contributed by atoms with Gasteiger partial charge in [-0.2, -0.15) is 0 Å². The third-order valence-electron chi connectivity index (χ3n) is 5.53. The fourth-order valence-electron chi connectivity index (χ4n) is 3.68. The molecule has 0 aliphatic carbocycles. The highest BCUT2D eigenvalue weighted by molar-refractivity contribution is 8.00. The molecule has 0 radical (unpaired) electrons. The number of thioether (sulfide) groups is 1. The van der Waals surface area contributed by atoms with E-state index < -0.39 is 23.6 Å². The van der Waals surface area contributed by atoms with Crippen LogP contribution in [0.5, 0.6) is 11.5 Å². The van der Waals surface area contributed by atoms with Gasteiger partial charge in [0.15, 0.2) is 23.9 Å². The van der Waals surface area contributed by atoms with Crippen LogP contribution in [0.15, 0.2) is 77.7 Å². The Labute approximate surface area is 212 Å². The number of benzene rings is 3. The Morgan fingerprint density at radius 1 is 0.889 bits per heavy atom. The maximum atomic E-state index is 12.9. The molecule has 2 amide bonds. The van der Waals surface area contributed by atoms with E-state index >= 15 is 0 Å². The number of amides is 2. The zero-order valence-electron chi connectivity index (χ0n) is 19.6. The highest BCUT2D eigenvalue weighted by Crippen LogP contribution is 2.34. The third-order valence-corrected chi connectivity index (χ3v) is 6.73. The first-order valence-electron chi connectivity index (χ1n) is 11.0. The van der Waals surface area contributed by atoms with Crippen molar-refractivity contribution in [2.45, 2.75) is 16.6 Å². The predicted molar refractivity (Wildman–Crippen MR) is 134 cm³/mol. The Morgan fingerprint density at radius 3 is 2.22 bits per heavy atom. The number of Topliss-reactive ketones (excluding diaryl/α,β-unsaturated/α-hetero) is 1. The summed E-state index contributed by atoms with van der Waals surface area (Å²) in [5.41, 5.74) is 0.872. The molecule has 184 valence electrons. The minimum Gasteiger partial charge on any atom is -0.493 e. The minimum absolute atomic E-state index is 0.0977. The first-order valence-corrected chi connectivity index (χ1v) is 11.9. The van der Waals surface area contributed by atoms with Crippen molar-refractivity contribution in [3.05, 3.63) is 83.9 Å². The molecule has 1 atom stereocenters. The molecule has 8 nitrogen and oxygen atoms in total. The Morgan fingerprint density at radius 2 is 1.56 bits per heavy atom. The van der Waals surface area contributed by atoms with E-state index in [1.54, 1.807) is 12.1 Å². The number of anilines is 1. The number of carbonyl (C=O) groups excluding carboxylic acids is 4. The van der Waals surface area contributed by atoms with Gasteiger partial charge in [-0.25, -0.2) is 9.69 Å². The van der Waals surface area contributed by atoms with Gasteiger partial charge in [-0.1, -0.05) is 18.2 Å². The van der Waals surface area contributed by atoms with Crippen LogP contribution in [0.4, 0.5) is 5.69 Å². The summed E-state index contributed by atoms with van der Waals surface area (Å²) >= 11 is 1.35. The lowest BCUT2D eigenvalue weighted by Crippen LogP contribution is -2.31. The molecule has 3 aromatic rings. The van der Waals surface area contributed by atoms with Crippen LogP contribution in [0.3, 0.4) is 0 Å². The van der Waals surface area contributed by atoms with Crippen LogP contribution in [0, 0.1) is 0 Å². The number of methoxy groups -OCH3 is 2. The molecule has 0 saturated carbocycles. The molecule has 1 fully saturated rings. The van der Waals surface area contributed by atoms with Gasteiger partial charge in [0.1, 0.15) is 0 Å². The standard InChI is InChI=1S/C27H23NO7S/c1-33-22-13-10-18(14-23(22)34-2)21(29)16-35-27(32)17-8-11-19(12-9-17)28-25(30)15-24(26(28)31)36-20-6-4-3-5-7-20/h3-14,24H,15-16H2,1-2H3. The SMILES string of the molecule is COc1ccc(C(=O)COC(=O)c2ccc(N3C(=O)CC(Sc4ccccc4)C3=O)cc2)cc1OC. The first kappa shape index (κ1) is 25.0. The second-order valence-electron chi connectivity index (χ2n) is 7.81. The van der Waals surface area contributed by atoms with Crippen molar-refractivity contribution in [2.75, 3.05) is 25.7 Å². The Hall–Kier alpha value is -4.11. The lowest BCUT2D eigenvalue weighted by Gasteiger charge is -2.15. The van der Waals surface area contributed by atoms with Crippen molar-refractivity contribution in [3.63, 3.8) is 0 Å². The van der Waals surface area contributed by atoms with Crippen molar-refractivity contribution in [2.24, 2.45) is 0 Å². The lowest BCUT2D eigenvalue weighted by atomic mass is 10.1. The molecular formula is C27H23NO7S. The maximum Gasteiger partial charge on any atom is 0.338 e. The zero-order valence-corrected chi connectivity index (χ0v) is 20.4. The monoisotopic (exact) mass is 505 g/mol. The molecule has 3 aromatic carbocycles. The van der Waals surface area contributed by atoms with Gasteiger partial charge >= 0.3 is 5.97 Å². The fraction of sp³-hybridized carbons (Fsp3) is 0.185. The fourth-order valence-corrected chi connectivity index (χ4v) is 4.76. The van der Waals surface area contributed by atoms with E-state index in [1.807, 2.05) is 30.3 Å². The van der Waals surface area contributed by atoms with Crippen molar-refractivity contribution < 1.29 is 33.4 Å². The van der Waals surface area contributed by atoms with E-state index in [2.05, 4.69) is 0 Å². The molecule has 0 aromatic heterocycles. The predicted octanol–water partition coefficient (Wildman–Crippen LogP) is 4.17. The van der Waals surface area contributed by atoms with Crippen molar-refractivity contribution in [3.8, 4) is 11.5 Å². The summed E-state index contributed by atoms with van der Waals surface area (Å²) in [4.78, 5) is 52.4. The largest absolute Gasteiger partial charge is 0.493 e. The van der Waals surface area contributed by atoms with Crippen LogP contribution in [-0.2, 0) is 14.3 Å². The van der Waals surface area contributed by atoms with Gasteiger partial charge in [-0.15, -0.1) is 11.8 Å². The second kappa shape index (κ2) is 11.1. The normalized spacial score (nSPS) is 15.1. The Kier molecular flexibility index (Phi) is 7.70. The van der Waals surface area contributed by atoms with Crippen LogP contribution in [0.2, 0.25) is 0 Å². The number of imide groups is 1. The second-order valence-corrected chi connectivity index (χ2v) is 9.08. The van der Waals surface area contributed by atoms with E-state index in [9.17, 15) is 19.2 Å². The number of hydrogen-bond acceptors (Lipinski definition) is 8. The van der Waals surface area contributed by atoms with Crippen LogP contribution in [0.25, 0.3) is 0 Å². The molecule has 0 spiro atoms. The summed E-state index contributed by atoms with van der Waals surface area (Å²) in [5.74, 6) is -0.844. The quantitative estimate of drug-likeness (QED) is 0.243. The summed E-state index contributed by atoms with van der Waals surface area (Å²) in [7, 11) is 2.95. The van der Waals surface area contributed by atoms with Crippen LogP contribution >= 0.6 is 11.8 Å². The van der Waals surface area contributed by atoms with Gasteiger partial charge in [0.2, 0.25) is 11.8 Å². The minimum atomic E-state index is -0.702. The van der Waals surface area contributed by atoms with Crippen molar-refractivity contribution in [1.82, 2.24) is 0 Å². The molecule has 1 aliphatic rings. The van der Waals surface area contributed by atoms with Crippen molar-refractivity contribution >= 4 is 41.0 Å². The van der Waals surface area contributed by atoms with Gasteiger partial charge < -0.3 is 14.2 Å². The van der Waals surface area contributed by atoms with Crippen LogP contribution < -0.4 is 14.4 Å². The van der Waals surface area contributed by atoms with E-state index in [-0.39, 0.29) is 23.8 Å². The molecule has 0 N–H and O–H groups in total. The van der Waals surface area contributed by atoms with Gasteiger partial charge in [0.25, 0.3) is 0 Å². The number of esters is 1. The maximum absolute atomic E-state index is 12.9. The zero-order chi connectivity index (χ0) is 25.7. The summed E-state index contributed by atoms with van der Waals surface area (Å²) < 4.78 is 15.5. The number of ether oxygens (including phenoxy) is 3. The average molecular weight is 506 g/mol. The molecular weight excluding hydrogens is 482 g/mol. The summed E-state index contributed by atoms with van der Waals surface area (Å²) in [6, 6.07) is 20.0. The van der Waals surface area contributed by atoms with E-state index in [0.29, 0.717) is 22.7 Å². The summed E-state index contributed by atoms with van der Waals surface area (Å²) in [6.07, 6.45) is 0.0977. The Bertz CT molecular complexity index is 1290. The molecule has 1 heterocycles. The number of nitrogens with zero attached hydrogens (tertiary/aromatic N) is 1. The third kappa shape index (κ3) is 5.41. The van der Waals surface area contributed by atoms with E-state index in [1.165, 1.54) is 56.3 Å². The Balaban J connectivity index is 1.37. The first-order chi connectivity index (χ1) is 17.4. The summed E-state index contributed by atoms with van der Waals surface area (Å²) in [6.45, 7) is -0.461. The number of ketones is 1. The van der Waals surface area contributed by atoms with E-state index in [4.69, 9.17) is 14.2 Å². The molecule has 1 saturated heterocycles. The molecule has 1 aliphatic heterocycles. The van der Waals surface area contributed by atoms with Gasteiger partial charge in [-0.05, 0) is 54.6 Å². The van der Waals surface area contributed by atoms with Gasteiger partial charge in [-0.3, -0.25) is 14.4 Å². The highest BCUT2D eigenvalue weighted by atomic mass is 32.2. The number of rotatable bonds is 9. The number of carbonyl (C=O) groups is 4. The van der Waals surface area contributed by atoms with Crippen LogP contribution in [0.1, 0.15) is 27.1 Å². The van der Waals surface area contributed by atoms with Crippen molar-refractivity contribution in [1.29, 1.82) is 0 Å². The number of hydrogen-bond donors (Lipinski definition) is 0. The van der Waals surface area contributed by atoms with Gasteiger partial charge in [0.05, 0.1) is 30.7 Å². The van der Waals surface area contributed by atoms with Crippen LogP contribution in [-0.4, -0.2) is 49.6 Å². The molecule has 4 rings (SSSR count). The summed E-state index contributed by atoms with van der Waals surface area (Å²) in [5, 5.41) is -0.507. The molecule has 0 bridgehead atoms. The van der Waals surface area contributed by atoms with Gasteiger partial charge in [0, 0.05) is 16.9 Å². The van der Waals surface area contributed by atoms with E-state index in [0.717, 1.165) is 9.80 Å². The average Bonchev–Trinajstić information content (AvgIpc) is 3.19. The highest BCUT2D eigenvalue weighted by Gasteiger charge is 2.40. The smallest absolute Gasteiger partial charge is 0.338 e.